The maximum Gasteiger partial charge on any atom is 0.416 e. The first kappa shape index (κ1) is 13.4. The van der Waals surface area contributed by atoms with Crippen LogP contribution in [0.3, 0.4) is 0 Å². The number of alkyl halides is 6. The molecule has 0 saturated heterocycles. The summed E-state index contributed by atoms with van der Waals surface area (Å²) in [6.07, 6.45) is -10.2. The van der Waals surface area contributed by atoms with E-state index in [0.717, 1.165) is 0 Å². The van der Waals surface area contributed by atoms with Crippen molar-refractivity contribution in [2.45, 2.75) is 18.8 Å². The third kappa shape index (κ3) is 3.12. The SMILES string of the molecule is N#CCc1cc(C(F)(F)F)ccc1C(F)(F)F. The number of halogens is 6. The minimum atomic E-state index is -4.77. The van der Waals surface area contributed by atoms with Crippen molar-refractivity contribution in [3.63, 3.8) is 0 Å². The molecule has 0 N–H and O–H groups in total. The van der Waals surface area contributed by atoms with Gasteiger partial charge in [0.15, 0.2) is 0 Å². The van der Waals surface area contributed by atoms with Gasteiger partial charge in [-0.15, -0.1) is 0 Å². The number of benzene rings is 1. The van der Waals surface area contributed by atoms with Crippen LogP contribution in [-0.4, -0.2) is 0 Å². The van der Waals surface area contributed by atoms with Gasteiger partial charge in [0.05, 0.1) is 23.6 Å². The van der Waals surface area contributed by atoms with Gasteiger partial charge in [-0.2, -0.15) is 31.6 Å². The highest BCUT2D eigenvalue weighted by molar-refractivity contribution is 5.36. The molecule has 0 heterocycles. The Labute approximate surface area is 92.3 Å². The zero-order chi connectivity index (χ0) is 13.3. The zero-order valence-electron chi connectivity index (χ0n) is 8.15. The molecular weight excluding hydrogens is 248 g/mol. The Morgan fingerprint density at radius 2 is 1.59 bits per heavy atom. The third-order valence-corrected chi connectivity index (χ3v) is 2.01. The lowest BCUT2D eigenvalue weighted by molar-refractivity contribution is -0.141. The van der Waals surface area contributed by atoms with Gasteiger partial charge in [0.25, 0.3) is 0 Å². The summed E-state index contributed by atoms with van der Waals surface area (Å²) < 4.78 is 74.0. The van der Waals surface area contributed by atoms with Crippen molar-refractivity contribution in [3.05, 3.63) is 34.9 Å². The fourth-order valence-electron chi connectivity index (χ4n) is 1.28. The molecule has 92 valence electrons. The summed E-state index contributed by atoms with van der Waals surface area (Å²) in [5.74, 6) is 0. The summed E-state index contributed by atoms with van der Waals surface area (Å²) in [6.45, 7) is 0. The van der Waals surface area contributed by atoms with E-state index in [1.54, 1.807) is 0 Å². The van der Waals surface area contributed by atoms with E-state index in [9.17, 15) is 26.3 Å². The van der Waals surface area contributed by atoms with E-state index < -0.39 is 35.5 Å². The number of nitriles is 1. The van der Waals surface area contributed by atoms with Crippen molar-refractivity contribution >= 4 is 0 Å². The van der Waals surface area contributed by atoms with Crippen LogP contribution in [-0.2, 0) is 18.8 Å². The van der Waals surface area contributed by atoms with Gasteiger partial charge in [-0.05, 0) is 23.8 Å². The van der Waals surface area contributed by atoms with Crippen LogP contribution in [0.4, 0.5) is 26.3 Å². The molecule has 0 fully saturated rings. The second-order valence-electron chi connectivity index (χ2n) is 3.20. The Kier molecular flexibility index (Phi) is 3.36. The van der Waals surface area contributed by atoms with Crippen LogP contribution in [0.25, 0.3) is 0 Å². The van der Waals surface area contributed by atoms with E-state index in [0.29, 0.717) is 18.2 Å². The fourth-order valence-corrected chi connectivity index (χ4v) is 1.28. The van der Waals surface area contributed by atoms with Gasteiger partial charge in [-0.3, -0.25) is 0 Å². The first-order valence-corrected chi connectivity index (χ1v) is 4.30. The monoisotopic (exact) mass is 253 g/mol. The van der Waals surface area contributed by atoms with Gasteiger partial charge >= 0.3 is 12.4 Å². The molecule has 7 heteroatoms. The maximum absolute atomic E-state index is 12.4. The number of hydrogen-bond acceptors (Lipinski definition) is 1. The molecular formula is C10H5F6N. The third-order valence-electron chi connectivity index (χ3n) is 2.01. The summed E-state index contributed by atoms with van der Waals surface area (Å²) in [5.41, 5.74) is -3.09. The van der Waals surface area contributed by atoms with Crippen molar-refractivity contribution in [3.8, 4) is 6.07 Å². The summed E-state index contributed by atoms with van der Waals surface area (Å²) in [7, 11) is 0. The summed E-state index contributed by atoms with van der Waals surface area (Å²) in [4.78, 5) is 0. The number of nitrogens with zero attached hydrogens (tertiary/aromatic N) is 1. The van der Waals surface area contributed by atoms with E-state index in [-0.39, 0.29) is 0 Å². The number of hydrogen-bond donors (Lipinski definition) is 0. The first-order valence-electron chi connectivity index (χ1n) is 4.30. The van der Waals surface area contributed by atoms with E-state index >= 15 is 0 Å². The predicted octanol–water partition coefficient (Wildman–Crippen LogP) is 3.79. The molecule has 0 aromatic heterocycles. The average molecular weight is 253 g/mol. The molecule has 0 aliphatic heterocycles. The Balaban J connectivity index is 3.33. The highest BCUT2D eigenvalue weighted by Gasteiger charge is 2.36. The Hall–Kier alpha value is -1.71. The van der Waals surface area contributed by atoms with E-state index in [1.165, 1.54) is 6.07 Å². The number of rotatable bonds is 1. The van der Waals surface area contributed by atoms with Crippen LogP contribution in [0.15, 0.2) is 18.2 Å². The second kappa shape index (κ2) is 4.28. The van der Waals surface area contributed by atoms with Crippen molar-refractivity contribution in [1.29, 1.82) is 5.26 Å². The molecule has 0 aliphatic rings. The van der Waals surface area contributed by atoms with Crippen LogP contribution in [0.1, 0.15) is 16.7 Å². The van der Waals surface area contributed by atoms with Gasteiger partial charge in [-0.1, -0.05) is 0 Å². The molecule has 17 heavy (non-hydrogen) atoms. The lowest BCUT2D eigenvalue weighted by Gasteiger charge is -2.14. The minimum absolute atomic E-state index is 0.343. The molecule has 0 unspecified atom stereocenters. The second-order valence-corrected chi connectivity index (χ2v) is 3.20. The van der Waals surface area contributed by atoms with Crippen LogP contribution >= 0.6 is 0 Å². The van der Waals surface area contributed by atoms with E-state index in [2.05, 4.69) is 0 Å². The van der Waals surface area contributed by atoms with E-state index in [4.69, 9.17) is 5.26 Å². The quantitative estimate of drug-likeness (QED) is 0.698. The summed E-state index contributed by atoms with van der Waals surface area (Å²) >= 11 is 0. The van der Waals surface area contributed by atoms with Crippen LogP contribution in [0, 0.1) is 11.3 Å². The van der Waals surface area contributed by atoms with Gasteiger partial charge < -0.3 is 0 Å². The maximum atomic E-state index is 12.4. The molecule has 0 bridgehead atoms. The molecule has 0 radical (unpaired) electrons. The Bertz CT molecular complexity index is 451. The van der Waals surface area contributed by atoms with Gasteiger partial charge in [0.1, 0.15) is 0 Å². The first-order chi connectivity index (χ1) is 7.66. The van der Waals surface area contributed by atoms with Crippen LogP contribution < -0.4 is 0 Å². The van der Waals surface area contributed by atoms with Crippen molar-refractivity contribution in [1.82, 2.24) is 0 Å². The minimum Gasteiger partial charge on any atom is -0.198 e. The van der Waals surface area contributed by atoms with Crippen LogP contribution in [0.5, 0.6) is 0 Å². The smallest absolute Gasteiger partial charge is 0.198 e. The molecule has 1 rings (SSSR count). The summed E-state index contributed by atoms with van der Waals surface area (Å²) in [5, 5.41) is 8.30. The van der Waals surface area contributed by atoms with Gasteiger partial charge in [0, 0.05) is 0 Å². The van der Waals surface area contributed by atoms with Gasteiger partial charge in [-0.25, -0.2) is 0 Å². The Morgan fingerprint density at radius 1 is 1.00 bits per heavy atom. The van der Waals surface area contributed by atoms with Crippen molar-refractivity contribution < 1.29 is 26.3 Å². The zero-order valence-corrected chi connectivity index (χ0v) is 8.15. The van der Waals surface area contributed by atoms with Crippen molar-refractivity contribution in [2.75, 3.05) is 0 Å². The molecule has 1 aromatic carbocycles. The predicted molar refractivity (Wildman–Crippen MR) is 45.8 cm³/mol. The lowest BCUT2D eigenvalue weighted by atomic mass is 10.0. The van der Waals surface area contributed by atoms with Crippen molar-refractivity contribution in [2.24, 2.45) is 0 Å². The fraction of sp³-hybridized carbons (Fsp3) is 0.300. The molecule has 1 nitrogen and oxygen atoms in total. The molecule has 0 amide bonds. The highest BCUT2D eigenvalue weighted by atomic mass is 19.4. The van der Waals surface area contributed by atoms with E-state index in [1.807, 2.05) is 0 Å². The normalized spacial score (nSPS) is 12.3. The topological polar surface area (TPSA) is 23.8 Å². The molecule has 0 spiro atoms. The Morgan fingerprint density at radius 3 is 2.00 bits per heavy atom. The van der Waals surface area contributed by atoms with Crippen LogP contribution in [0.2, 0.25) is 0 Å². The van der Waals surface area contributed by atoms with Gasteiger partial charge in [0.2, 0.25) is 0 Å². The molecule has 0 saturated carbocycles. The molecule has 1 aromatic rings. The standard InChI is InChI=1S/C10H5F6N/c11-9(12,13)7-1-2-8(10(14,15)16)6(5-7)3-4-17/h1-2,5H,3H2. The molecule has 0 aliphatic carbocycles. The largest absolute Gasteiger partial charge is 0.416 e. The summed E-state index contributed by atoms with van der Waals surface area (Å²) in [6, 6.07) is 2.45. The lowest BCUT2D eigenvalue weighted by Crippen LogP contribution is -2.12. The average Bonchev–Trinajstić information content (AvgIpc) is 2.15. The molecule has 0 atom stereocenters. The highest BCUT2D eigenvalue weighted by Crippen LogP contribution is 2.36.